The van der Waals surface area contributed by atoms with Crippen LogP contribution in [-0.4, -0.2) is 93.1 Å². The van der Waals surface area contributed by atoms with E-state index in [0.717, 1.165) is 75.2 Å². The molecule has 56 heavy (non-hydrogen) atoms. The molecular formula is C40H49N9O6S. The molecule has 3 aliphatic rings. The van der Waals surface area contributed by atoms with Gasteiger partial charge in [0.15, 0.2) is 0 Å². The van der Waals surface area contributed by atoms with E-state index in [1.54, 1.807) is 11.8 Å². The van der Waals surface area contributed by atoms with Crippen LogP contribution in [0.25, 0.3) is 22.5 Å². The number of carbonyl (C=O) groups excluding carboxylic acids is 4. The minimum Gasteiger partial charge on any atom is -0.453 e. The molecule has 296 valence electrons. The Bertz CT molecular complexity index is 1970. The molecule has 2 aromatic heterocycles. The van der Waals surface area contributed by atoms with Gasteiger partial charge in [-0.3, -0.25) is 9.59 Å². The third kappa shape index (κ3) is 7.79. The number of methoxy groups -OCH3 is 2. The zero-order chi connectivity index (χ0) is 39.7. The van der Waals surface area contributed by atoms with Crippen LogP contribution in [0.5, 0.6) is 0 Å². The quantitative estimate of drug-likeness (QED) is 0.101. The van der Waals surface area contributed by atoms with Gasteiger partial charge < -0.3 is 45.2 Å². The van der Waals surface area contributed by atoms with Crippen molar-refractivity contribution in [2.24, 2.45) is 11.8 Å². The van der Waals surface area contributed by atoms with Gasteiger partial charge in [0.1, 0.15) is 23.7 Å². The number of nitrogens with one attached hydrogen (secondary N) is 5. The first-order chi connectivity index (χ1) is 26.9. The van der Waals surface area contributed by atoms with E-state index in [4.69, 9.17) is 19.4 Å². The number of aromatic amines is 2. The van der Waals surface area contributed by atoms with Crippen LogP contribution in [0.15, 0.2) is 58.6 Å². The number of hydrogen-bond donors (Lipinski definition) is 5. The van der Waals surface area contributed by atoms with Gasteiger partial charge in [0, 0.05) is 34.0 Å². The third-order valence-corrected chi connectivity index (χ3v) is 11.9. The number of H-pyrrole nitrogens is 2. The highest BCUT2D eigenvalue weighted by Crippen LogP contribution is 2.47. The first-order valence-electron chi connectivity index (χ1n) is 19.1. The molecule has 4 aromatic rings. The van der Waals surface area contributed by atoms with Gasteiger partial charge in [-0.1, -0.05) is 51.6 Å². The molecule has 0 spiro atoms. The maximum absolute atomic E-state index is 13.6. The second-order valence-electron chi connectivity index (χ2n) is 15.1. The smallest absolute Gasteiger partial charge is 0.407 e. The molecule has 2 aromatic carbocycles. The van der Waals surface area contributed by atoms with Gasteiger partial charge in [-0.2, -0.15) is 0 Å². The van der Waals surface area contributed by atoms with Crippen molar-refractivity contribution in [2.75, 3.05) is 32.6 Å². The average molecular weight is 784 g/mol. The van der Waals surface area contributed by atoms with Crippen molar-refractivity contribution in [3.63, 3.8) is 0 Å². The molecule has 0 unspecified atom stereocenters. The van der Waals surface area contributed by atoms with E-state index in [0.29, 0.717) is 18.9 Å². The first kappa shape index (κ1) is 38.8. The summed E-state index contributed by atoms with van der Waals surface area (Å²) in [6.45, 7) is 8.78. The summed E-state index contributed by atoms with van der Waals surface area (Å²) in [6, 6.07) is 10.7. The summed E-state index contributed by atoms with van der Waals surface area (Å²) in [6.07, 6.45) is 5.60. The molecule has 0 radical (unpaired) electrons. The van der Waals surface area contributed by atoms with Crippen molar-refractivity contribution in [1.82, 2.24) is 40.4 Å². The molecule has 15 nitrogen and oxygen atoms in total. The molecule has 16 heteroatoms. The lowest BCUT2D eigenvalue weighted by Crippen LogP contribution is -2.51. The number of likely N-dealkylation sites (tertiary alicyclic amines) is 2. The zero-order valence-corrected chi connectivity index (χ0v) is 33.3. The van der Waals surface area contributed by atoms with E-state index in [2.05, 4.69) is 56.3 Å². The van der Waals surface area contributed by atoms with Crippen molar-refractivity contribution >= 4 is 47.1 Å². The fraction of sp³-hybridized carbons (Fsp3) is 0.450. The lowest BCUT2D eigenvalue weighted by Gasteiger charge is -2.30. The number of hydrogen-bond acceptors (Lipinski definition) is 10. The van der Waals surface area contributed by atoms with Crippen LogP contribution >= 0.6 is 11.8 Å². The lowest BCUT2D eigenvalue weighted by molar-refractivity contribution is -0.136. The average Bonchev–Trinajstić information content (AvgIpc) is 4.03. The summed E-state index contributed by atoms with van der Waals surface area (Å²) in [4.78, 5) is 73.3. The topological polar surface area (TPSA) is 187 Å². The predicted molar refractivity (Wildman–Crippen MR) is 211 cm³/mol. The minimum atomic E-state index is -0.695. The van der Waals surface area contributed by atoms with Gasteiger partial charge in [-0.05, 0) is 61.8 Å². The number of ether oxygens (including phenoxy) is 2. The van der Waals surface area contributed by atoms with Gasteiger partial charge in [0.25, 0.3) is 0 Å². The van der Waals surface area contributed by atoms with E-state index in [1.807, 2.05) is 56.0 Å². The van der Waals surface area contributed by atoms with Gasteiger partial charge in [-0.25, -0.2) is 19.6 Å². The number of rotatable bonds is 10. The molecule has 2 fully saturated rings. The summed E-state index contributed by atoms with van der Waals surface area (Å²) in [5.41, 5.74) is 5.61. The van der Waals surface area contributed by atoms with Crippen molar-refractivity contribution in [1.29, 1.82) is 0 Å². The molecule has 2 saturated heterocycles. The minimum absolute atomic E-state index is 0.110. The predicted octanol–water partition coefficient (Wildman–Crippen LogP) is 6.76. The van der Waals surface area contributed by atoms with Crippen LogP contribution in [0.2, 0.25) is 0 Å². The fourth-order valence-corrected chi connectivity index (χ4v) is 8.72. The molecule has 4 atom stereocenters. The second kappa shape index (κ2) is 16.3. The maximum atomic E-state index is 13.6. The second-order valence-corrected chi connectivity index (χ2v) is 16.2. The maximum Gasteiger partial charge on any atom is 0.407 e. The zero-order valence-electron chi connectivity index (χ0n) is 32.5. The van der Waals surface area contributed by atoms with Crippen molar-refractivity contribution in [2.45, 2.75) is 87.3 Å². The van der Waals surface area contributed by atoms with Gasteiger partial charge in [0.05, 0.1) is 61.5 Å². The first-order valence-corrected chi connectivity index (χ1v) is 19.9. The highest BCUT2D eigenvalue weighted by molar-refractivity contribution is 7.99. The number of carbonyl (C=O) groups is 4. The van der Waals surface area contributed by atoms with Crippen LogP contribution in [0, 0.1) is 11.8 Å². The third-order valence-electron chi connectivity index (χ3n) is 10.7. The SMILES string of the molecule is COC(=O)N[C@H](C(=O)N1CCC[C@H]1c1ncc(-c2ccc3c(c2)Nc2ccc(-c4cnc([C@@H]5CCCN5C(=O)[C@@H](NC(=O)OC)C(C)C)[nH]4)cc2S3)[nH]1)C(C)C. The molecule has 0 aliphatic carbocycles. The number of benzene rings is 2. The van der Waals surface area contributed by atoms with Crippen LogP contribution in [-0.2, 0) is 19.1 Å². The van der Waals surface area contributed by atoms with E-state index >= 15 is 0 Å². The van der Waals surface area contributed by atoms with Gasteiger partial charge in [0.2, 0.25) is 11.8 Å². The standard InChI is InChI=1S/C40H49N9O6S/c1-21(2)33(46-39(52)54-5)37(50)48-15-7-9-29(48)35-41-19-27(44-35)23-12-14-31-26(17-23)43-25-13-11-24(18-32(25)56-31)28-20-42-36(45-28)30-10-8-16-49(30)38(51)34(22(3)4)47-40(53)55-6/h11-14,17-22,29-30,33-34,43H,7-10,15-16H2,1-6H3,(H,41,44)(H,42,45)(H,46,52)(H,47,53)/t29-,30-,33-,34-/m0/s1. The van der Waals surface area contributed by atoms with E-state index in [1.165, 1.54) is 14.2 Å². The Balaban J connectivity index is 1.03. The Hall–Kier alpha value is -5.51. The van der Waals surface area contributed by atoms with Gasteiger partial charge in [-0.15, -0.1) is 0 Å². The molecule has 5 heterocycles. The lowest BCUT2D eigenvalue weighted by atomic mass is 10.0. The summed E-state index contributed by atoms with van der Waals surface area (Å²) >= 11 is 1.68. The fourth-order valence-electron chi connectivity index (χ4n) is 7.72. The molecule has 0 saturated carbocycles. The monoisotopic (exact) mass is 783 g/mol. The molecule has 4 amide bonds. The van der Waals surface area contributed by atoms with Crippen LogP contribution in [0.4, 0.5) is 21.0 Å². The largest absolute Gasteiger partial charge is 0.453 e. The summed E-state index contributed by atoms with van der Waals surface area (Å²) in [5, 5.41) is 9.00. The number of amides is 4. The normalized spacial score (nSPS) is 18.6. The Morgan fingerprint density at radius 3 is 1.71 bits per heavy atom. The molecular weight excluding hydrogens is 735 g/mol. The molecule has 0 bridgehead atoms. The molecule has 7 rings (SSSR count). The number of anilines is 2. The van der Waals surface area contributed by atoms with Crippen molar-refractivity contribution in [3.05, 3.63) is 60.4 Å². The summed E-state index contributed by atoms with van der Waals surface area (Å²) in [5.74, 6) is 0.928. The van der Waals surface area contributed by atoms with E-state index in [-0.39, 0.29) is 35.7 Å². The Kier molecular flexibility index (Phi) is 11.3. The number of fused-ring (bicyclic) bond motifs is 2. The Morgan fingerprint density at radius 1 is 0.714 bits per heavy atom. The summed E-state index contributed by atoms with van der Waals surface area (Å²) in [7, 11) is 2.58. The highest BCUT2D eigenvalue weighted by Gasteiger charge is 2.39. The van der Waals surface area contributed by atoms with Crippen molar-refractivity contribution in [3.8, 4) is 22.5 Å². The number of aromatic nitrogens is 4. The number of imidazole rings is 2. The Morgan fingerprint density at radius 2 is 1.21 bits per heavy atom. The molecule has 5 N–H and O–H groups in total. The Labute approximate surface area is 330 Å². The number of alkyl carbamates (subject to hydrolysis) is 2. The van der Waals surface area contributed by atoms with Crippen molar-refractivity contribution < 1.29 is 28.7 Å². The highest BCUT2D eigenvalue weighted by atomic mass is 32.2. The van der Waals surface area contributed by atoms with Crippen LogP contribution in [0.1, 0.15) is 77.1 Å². The van der Waals surface area contributed by atoms with Gasteiger partial charge >= 0.3 is 12.2 Å². The number of nitrogens with zero attached hydrogens (tertiary/aromatic N) is 4. The van der Waals surface area contributed by atoms with E-state index < -0.39 is 24.3 Å². The summed E-state index contributed by atoms with van der Waals surface area (Å²) < 4.78 is 9.53. The molecule has 3 aliphatic heterocycles. The van der Waals surface area contributed by atoms with Crippen LogP contribution in [0.3, 0.4) is 0 Å². The van der Waals surface area contributed by atoms with E-state index in [9.17, 15) is 19.2 Å². The van der Waals surface area contributed by atoms with Crippen LogP contribution < -0.4 is 16.0 Å².